The van der Waals surface area contributed by atoms with E-state index < -0.39 is 0 Å². The minimum Gasteiger partial charge on any atom is -0.488 e. The molecule has 2 heterocycles. The molecule has 2 aromatic carbocycles. The lowest BCUT2D eigenvalue weighted by Crippen LogP contribution is -2.41. The van der Waals surface area contributed by atoms with Crippen molar-refractivity contribution in [3.8, 4) is 17.2 Å². The van der Waals surface area contributed by atoms with Crippen molar-refractivity contribution in [1.82, 2.24) is 10.2 Å². The molecule has 1 N–H and O–H groups in total. The van der Waals surface area contributed by atoms with E-state index in [1.165, 1.54) is 5.56 Å². The highest BCUT2D eigenvalue weighted by atomic mass is 16.7. The Hall–Kier alpha value is -2.89. The van der Waals surface area contributed by atoms with Gasteiger partial charge >= 0.3 is 6.03 Å². The van der Waals surface area contributed by atoms with Crippen molar-refractivity contribution in [3.63, 3.8) is 0 Å². The molecule has 1 unspecified atom stereocenters. The Bertz CT molecular complexity index is 768. The number of hydrogen-bond acceptors (Lipinski definition) is 4. The minimum atomic E-state index is -0.128. The molecule has 2 aliphatic rings. The molecule has 0 spiro atoms. The molecular formula is C19H20N2O4. The molecule has 130 valence electrons. The molecule has 0 saturated heterocycles. The molecule has 1 atom stereocenters. The molecule has 0 saturated carbocycles. The van der Waals surface area contributed by atoms with Gasteiger partial charge in [0.2, 0.25) is 6.79 Å². The van der Waals surface area contributed by atoms with Crippen molar-refractivity contribution in [2.75, 3.05) is 20.4 Å². The van der Waals surface area contributed by atoms with Crippen molar-refractivity contribution in [2.24, 2.45) is 0 Å². The molecule has 6 heteroatoms. The number of hydrogen-bond donors (Lipinski definition) is 1. The molecule has 0 aliphatic carbocycles. The highest BCUT2D eigenvalue weighted by molar-refractivity contribution is 5.74. The number of ether oxygens (including phenoxy) is 3. The van der Waals surface area contributed by atoms with Gasteiger partial charge in [-0.25, -0.2) is 4.79 Å². The maximum Gasteiger partial charge on any atom is 0.317 e. The molecule has 2 aromatic rings. The van der Waals surface area contributed by atoms with Gasteiger partial charge < -0.3 is 24.4 Å². The van der Waals surface area contributed by atoms with Gasteiger partial charge in [0.1, 0.15) is 11.9 Å². The van der Waals surface area contributed by atoms with Crippen LogP contribution in [0.1, 0.15) is 11.1 Å². The first-order valence-corrected chi connectivity index (χ1v) is 8.31. The second kappa shape index (κ2) is 6.55. The molecule has 0 fully saturated rings. The van der Waals surface area contributed by atoms with Crippen LogP contribution in [0.15, 0.2) is 42.5 Å². The van der Waals surface area contributed by atoms with E-state index in [0.717, 1.165) is 29.2 Å². The number of amides is 2. The Morgan fingerprint density at radius 1 is 1.16 bits per heavy atom. The molecular weight excluding hydrogens is 320 g/mol. The van der Waals surface area contributed by atoms with Gasteiger partial charge in [-0.15, -0.1) is 0 Å². The normalized spacial score (nSPS) is 16.9. The van der Waals surface area contributed by atoms with Crippen molar-refractivity contribution >= 4 is 6.03 Å². The summed E-state index contributed by atoms with van der Waals surface area (Å²) in [7, 11) is 1.77. The van der Waals surface area contributed by atoms with E-state index in [0.29, 0.717) is 13.1 Å². The third-order valence-electron chi connectivity index (χ3n) is 4.40. The number of para-hydroxylation sites is 1. The van der Waals surface area contributed by atoms with Crippen LogP contribution < -0.4 is 19.5 Å². The molecule has 0 bridgehead atoms. The molecule has 2 amide bonds. The Labute approximate surface area is 146 Å². The average Bonchev–Trinajstić information content (AvgIpc) is 3.25. The summed E-state index contributed by atoms with van der Waals surface area (Å²) in [6.45, 7) is 1.23. The Kier molecular flexibility index (Phi) is 4.09. The summed E-state index contributed by atoms with van der Waals surface area (Å²) >= 11 is 0. The van der Waals surface area contributed by atoms with Crippen LogP contribution in [0.3, 0.4) is 0 Å². The quantitative estimate of drug-likeness (QED) is 0.929. The van der Waals surface area contributed by atoms with Gasteiger partial charge in [0, 0.05) is 20.0 Å². The van der Waals surface area contributed by atoms with Crippen molar-refractivity contribution < 1.29 is 19.0 Å². The van der Waals surface area contributed by atoms with E-state index in [-0.39, 0.29) is 18.9 Å². The zero-order valence-corrected chi connectivity index (χ0v) is 14.0. The predicted octanol–water partition coefficient (Wildman–Crippen LogP) is 2.56. The number of nitrogens with one attached hydrogen (secondary N) is 1. The highest BCUT2D eigenvalue weighted by Crippen LogP contribution is 2.32. The monoisotopic (exact) mass is 340 g/mol. The maximum atomic E-state index is 12.3. The van der Waals surface area contributed by atoms with Crippen LogP contribution in [0.5, 0.6) is 17.2 Å². The molecule has 6 nitrogen and oxygen atoms in total. The Balaban J connectivity index is 1.28. The summed E-state index contributed by atoms with van der Waals surface area (Å²) in [5, 5.41) is 2.94. The zero-order chi connectivity index (χ0) is 17.2. The van der Waals surface area contributed by atoms with E-state index in [1.807, 2.05) is 36.4 Å². The first-order valence-electron chi connectivity index (χ1n) is 8.31. The second-order valence-corrected chi connectivity index (χ2v) is 6.28. The summed E-state index contributed by atoms with van der Waals surface area (Å²) in [6.07, 6.45) is 0.808. The standard InChI is InChI=1S/C19H20N2O4/c1-21(11-13-6-7-17-18(8-13)24-12-23-17)19(22)20-10-15-9-14-4-2-3-5-16(14)25-15/h2-8,15H,9-12H2,1H3,(H,20,22). The summed E-state index contributed by atoms with van der Waals surface area (Å²) in [5.41, 5.74) is 2.18. The molecule has 4 rings (SSSR count). The molecule has 25 heavy (non-hydrogen) atoms. The van der Waals surface area contributed by atoms with Crippen LogP contribution in [-0.4, -0.2) is 37.4 Å². The fourth-order valence-electron chi connectivity index (χ4n) is 3.09. The summed E-state index contributed by atoms with van der Waals surface area (Å²) < 4.78 is 16.5. The Morgan fingerprint density at radius 2 is 2.00 bits per heavy atom. The van der Waals surface area contributed by atoms with Gasteiger partial charge in [0.05, 0.1) is 6.54 Å². The number of urea groups is 1. The molecule has 0 radical (unpaired) electrons. The van der Waals surface area contributed by atoms with Gasteiger partial charge in [-0.05, 0) is 29.3 Å². The van der Waals surface area contributed by atoms with Gasteiger partial charge in [0.15, 0.2) is 11.5 Å². The topological polar surface area (TPSA) is 60.0 Å². The average molecular weight is 340 g/mol. The largest absolute Gasteiger partial charge is 0.488 e. The highest BCUT2D eigenvalue weighted by Gasteiger charge is 2.23. The molecule has 2 aliphatic heterocycles. The van der Waals surface area contributed by atoms with Crippen LogP contribution in [-0.2, 0) is 13.0 Å². The first-order chi connectivity index (χ1) is 12.2. The number of carbonyl (C=O) groups is 1. The molecule has 0 aromatic heterocycles. The van der Waals surface area contributed by atoms with Crippen LogP contribution in [0.4, 0.5) is 4.79 Å². The van der Waals surface area contributed by atoms with E-state index in [4.69, 9.17) is 14.2 Å². The van der Waals surface area contributed by atoms with Crippen molar-refractivity contribution in [3.05, 3.63) is 53.6 Å². The SMILES string of the molecule is CN(Cc1ccc2c(c1)OCO2)C(=O)NCC1Cc2ccccc2O1. The number of carbonyl (C=O) groups excluding carboxylic acids is 1. The number of rotatable bonds is 4. The summed E-state index contributed by atoms with van der Waals surface area (Å²) in [5.74, 6) is 2.38. The van der Waals surface area contributed by atoms with Gasteiger partial charge in [-0.2, -0.15) is 0 Å². The smallest absolute Gasteiger partial charge is 0.317 e. The fraction of sp³-hybridized carbons (Fsp3) is 0.316. The first kappa shape index (κ1) is 15.6. The van der Waals surface area contributed by atoms with Gasteiger partial charge in [-0.3, -0.25) is 0 Å². The lowest BCUT2D eigenvalue weighted by molar-refractivity contribution is 0.174. The van der Waals surface area contributed by atoms with Crippen LogP contribution >= 0.6 is 0 Å². The summed E-state index contributed by atoms with van der Waals surface area (Å²) in [6, 6.07) is 13.6. The lowest BCUT2D eigenvalue weighted by Gasteiger charge is -2.20. The number of nitrogens with zero attached hydrogens (tertiary/aromatic N) is 1. The van der Waals surface area contributed by atoms with E-state index in [9.17, 15) is 4.79 Å². The van der Waals surface area contributed by atoms with Crippen LogP contribution in [0.2, 0.25) is 0 Å². The van der Waals surface area contributed by atoms with Crippen molar-refractivity contribution in [2.45, 2.75) is 19.1 Å². The van der Waals surface area contributed by atoms with E-state index >= 15 is 0 Å². The third kappa shape index (κ3) is 3.33. The maximum absolute atomic E-state index is 12.3. The third-order valence-corrected chi connectivity index (χ3v) is 4.40. The van der Waals surface area contributed by atoms with Gasteiger partial charge in [0.25, 0.3) is 0 Å². The predicted molar refractivity (Wildman–Crippen MR) is 92.0 cm³/mol. The minimum absolute atomic E-state index is 0.0136. The van der Waals surface area contributed by atoms with E-state index in [1.54, 1.807) is 11.9 Å². The summed E-state index contributed by atoms with van der Waals surface area (Å²) in [4.78, 5) is 14.0. The number of benzene rings is 2. The Morgan fingerprint density at radius 3 is 2.88 bits per heavy atom. The van der Waals surface area contributed by atoms with Crippen LogP contribution in [0.25, 0.3) is 0 Å². The van der Waals surface area contributed by atoms with Gasteiger partial charge in [-0.1, -0.05) is 24.3 Å². The van der Waals surface area contributed by atoms with Crippen molar-refractivity contribution in [1.29, 1.82) is 0 Å². The fourth-order valence-corrected chi connectivity index (χ4v) is 3.09. The second-order valence-electron chi connectivity index (χ2n) is 6.28. The number of fused-ring (bicyclic) bond motifs is 2. The van der Waals surface area contributed by atoms with E-state index in [2.05, 4.69) is 11.4 Å². The van der Waals surface area contributed by atoms with Crippen LogP contribution in [0, 0.1) is 0 Å². The lowest BCUT2D eigenvalue weighted by atomic mass is 10.1. The zero-order valence-electron chi connectivity index (χ0n) is 14.0.